The van der Waals surface area contributed by atoms with Gasteiger partial charge in [0.2, 0.25) is 0 Å². The second-order valence-corrected chi connectivity index (χ2v) is 4.33. The Morgan fingerprint density at radius 2 is 2.20 bits per heavy atom. The lowest BCUT2D eigenvalue weighted by molar-refractivity contribution is 0.580. The maximum Gasteiger partial charge on any atom is 0.106 e. The van der Waals surface area contributed by atoms with Gasteiger partial charge in [-0.1, -0.05) is 26.2 Å². The van der Waals surface area contributed by atoms with E-state index in [2.05, 4.69) is 27.8 Å². The van der Waals surface area contributed by atoms with E-state index in [4.69, 9.17) is 5.73 Å². The molecule has 1 aromatic rings. The van der Waals surface area contributed by atoms with Gasteiger partial charge in [0, 0.05) is 12.2 Å². The maximum absolute atomic E-state index is 6.06. The van der Waals surface area contributed by atoms with Crippen molar-refractivity contribution in [2.24, 2.45) is 5.73 Å². The molecule has 0 saturated heterocycles. The van der Waals surface area contributed by atoms with E-state index in [1.807, 2.05) is 12.1 Å². The van der Waals surface area contributed by atoms with Gasteiger partial charge in [-0.2, -0.15) is 0 Å². The summed E-state index contributed by atoms with van der Waals surface area (Å²) in [4.78, 5) is 4.08. The molecule has 0 aromatic carbocycles. The summed E-state index contributed by atoms with van der Waals surface area (Å²) in [6.07, 6.45) is 6.56. The molecule has 2 nitrogen and oxygen atoms in total. The first-order valence-corrected chi connectivity index (χ1v) is 5.90. The van der Waals surface area contributed by atoms with Crippen LogP contribution in [-0.4, -0.2) is 4.98 Å². The summed E-state index contributed by atoms with van der Waals surface area (Å²) in [7, 11) is 0. The predicted octanol–water partition coefficient (Wildman–Crippen LogP) is 3.85. The van der Waals surface area contributed by atoms with Crippen LogP contribution in [0, 0.1) is 0 Å². The van der Waals surface area contributed by atoms with E-state index in [0.717, 1.165) is 11.0 Å². The Morgan fingerprint density at radius 3 is 2.80 bits per heavy atom. The van der Waals surface area contributed by atoms with Crippen LogP contribution in [0.2, 0.25) is 0 Å². The van der Waals surface area contributed by atoms with Crippen LogP contribution in [0.4, 0.5) is 0 Å². The van der Waals surface area contributed by atoms with Gasteiger partial charge in [0.1, 0.15) is 4.60 Å². The first-order valence-electron chi connectivity index (χ1n) is 5.11. The normalized spacial score (nSPS) is 11.9. The molecule has 15 heavy (non-hydrogen) atoms. The van der Waals surface area contributed by atoms with Crippen LogP contribution in [0.25, 0.3) is 0 Å². The van der Waals surface area contributed by atoms with E-state index in [1.54, 1.807) is 6.20 Å². The first kappa shape index (κ1) is 14.9. The highest BCUT2D eigenvalue weighted by Gasteiger charge is 2.05. The standard InChI is InChI=1S/C11H17BrN2.ClH/c1-2-3-4-5-10(13)9-6-7-14-11(12)8-9;/h6-8,10H,2-5,13H2,1H3;1H/t10-;/m0./s1. The molecule has 4 heteroatoms. The predicted molar refractivity (Wildman–Crippen MR) is 70.3 cm³/mol. The summed E-state index contributed by atoms with van der Waals surface area (Å²) >= 11 is 3.35. The van der Waals surface area contributed by atoms with Gasteiger partial charge in [-0.05, 0) is 40.0 Å². The second kappa shape index (κ2) is 8.08. The summed E-state index contributed by atoms with van der Waals surface area (Å²) in [6.45, 7) is 2.20. The zero-order valence-electron chi connectivity index (χ0n) is 8.95. The van der Waals surface area contributed by atoms with Crippen molar-refractivity contribution < 1.29 is 0 Å². The molecule has 0 aliphatic carbocycles. The number of nitrogens with zero attached hydrogens (tertiary/aromatic N) is 1. The SMILES string of the molecule is CCCCC[C@H](N)c1ccnc(Br)c1.Cl. The average molecular weight is 294 g/mol. The highest BCUT2D eigenvalue weighted by atomic mass is 79.9. The molecular formula is C11H18BrClN2. The zero-order chi connectivity index (χ0) is 10.4. The highest BCUT2D eigenvalue weighted by Crippen LogP contribution is 2.19. The Morgan fingerprint density at radius 1 is 1.47 bits per heavy atom. The maximum atomic E-state index is 6.06. The van der Waals surface area contributed by atoms with E-state index in [1.165, 1.54) is 24.8 Å². The van der Waals surface area contributed by atoms with Crippen LogP contribution in [0.5, 0.6) is 0 Å². The molecule has 1 aromatic heterocycles. The van der Waals surface area contributed by atoms with Crippen LogP contribution in [0.1, 0.15) is 44.2 Å². The fraction of sp³-hybridized carbons (Fsp3) is 0.545. The number of hydrogen-bond donors (Lipinski definition) is 1. The van der Waals surface area contributed by atoms with Crippen LogP contribution in [0.15, 0.2) is 22.9 Å². The van der Waals surface area contributed by atoms with Gasteiger partial charge >= 0.3 is 0 Å². The monoisotopic (exact) mass is 292 g/mol. The number of nitrogens with two attached hydrogens (primary N) is 1. The molecule has 0 unspecified atom stereocenters. The summed E-state index contributed by atoms with van der Waals surface area (Å²) in [5.74, 6) is 0. The molecule has 86 valence electrons. The minimum absolute atomic E-state index is 0. The van der Waals surface area contributed by atoms with E-state index in [9.17, 15) is 0 Å². The third-order valence-electron chi connectivity index (χ3n) is 2.30. The van der Waals surface area contributed by atoms with Gasteiger partial charge in [0.15, 0.2) is 0 Å². The Bertz CT molecular complexity index is 281. The molecule has 0 spiro atoms. The molecule has 0 aliphatic heterocycles. The van der Waals surface area contributed by atoms with Crippen molar-refractivity contribution in [2.45, 2.75) is 38.6 Å². The number of halogens is 2. The summed E-state index contributed by atoms with van der Waals surface area (Å²) < 4.78 is 0.862. The molecule has 1 atom stereocenters. The Balaban J connectivity index is 0.00000196. The highest BCUT2D eigenvalue weighted by molar-refractivity contribution is 9.10. The largest absolute Gasteiger partial charge is 0.324 e. The quantitative estimate of drug-likeness (QED) is 0.661. The van der Waals surface area contributed by atoms with E-state index >= 15 is 0 Å². The summed E-state index contributed by atoms with van der Waals surface area (Å²) in [5.41, 5.74) is 7.23. The van der Waals surface area contributed by atoms with E-state index in [-0.39, 0.29) is 18.4 Å². The molecule has 0 amide bonds. The van der Waals surface area contributed by atoms with Crippen LogP contribution >= 0.6 is 28.3 Å². The van der Waals surface area contributed by atoms with Crippen molar-refractivity contribution in [1.82, 2.24) is 4.98 Å². The number of rotatable bonds is 5. The Labute approximate surface area is 106 Å². The fourth-order valence-electron chi connectivity index (χ4n) is 1.43. The smallest absolute Gasteiger partial charge is 0.106 e. The topological polar surface area (TPSA) is 38.9 Å². The van der Waals surface area contributed by atoms with Gasteiger partial charge < -0.3 is 5.73 Å². The van der Waals surface area contributed by atoms with Crippen molar-refractivity contribution in [1.29, 1.82) is 0 Å². The number of pyridine rings is 1. The van der Waals surface area contributed by atoms with Gasteiger partial charge in [0.05, 0.1) is 0 Å². The molecule has 0 saturated carbocycles. The van der Waals surface area contributed by atoms with E-state index in [0.29, 0.717) is 0 Å². The van der Waals surface area contributed by atoms with E-state index < -0.39 is 0 Å². The van der Waals surface area contributed by atoms with Crippen molar-refractivity contribution in [2.75, 3.05) is 0 Å². The zero-order valence-corrected chi connectivity index (χ0v) is 11.4. The minimum Gasteiger partial charge on any atom is -0.324 e. The van der Waals surface area contributed by atoms with Gasteiger partial charge in [-0.3, -0.25) is 0 Å². The van der Waals surface area contributed by atoms with Gasteiger partial charge in [0.25, 0.3) is 0 Å². The van der Waals surface area contributed by atoms with Gasteiger partial charge in [-0.15, -0.1) is 12.4 Å². The third kappa shape index (κ3) is 5.50. The molecule has 0 bridgehead atoms. The van der Waals surface area contributed by atoms with Crippen LogP contribution in [0.3, 0.4) is 0 Å². The average Bonchev–Trinajstić information content (AvgIpc) is 2.18. The lowest BCUT2D eigenvalue weighted by Gasteiger charge is -2.11. The van der Waals surface area contributed by atoms with Crippen molar-refractivity contribution >= 4 is 28.3 Å². The van der Waals surface area contributed by atoms with Crippen molar-refractivity contribution in [3.05, 3.63) is 28.5 Å². The molecule has 1 rings (SSSR count). The lowest BCUT2D eigenvalue weighted by Crippen LogP contribution is -2.10. The fourth-order valence-corrected chi connectivity index (χ4v) is 1.81. The van der Waals surface area contributed by atoms with Gasteiger partial charge in [-0.25, -0.2) is 4.98 Å². The first-order chi connectivity index (χ1) is 6.74. The lowest BCUT2D eigenvalue weighted by atomic mass is 10.0. The van der Waals surface area contributed by atoms with Crippen molar-refractivity contribution in [3.8, 4) is 0 Å². The number of hydrogen-bond acceptors (Lipinski definition) is 2. The molecule has 2 N–H and O–H groups in total. The third-order valence-corrected chi connectivity index (χ3v) is 2.73. The van der Waals surface area contributed by atoms with Crippen LogP contribution in [-0.2, 0) is 0 Å². The summed E-state index contributed by atoms with van der Waals surface area (Å²) in [5, 5.41) is 0. The molecular weight excluding hydrogens is 275 g/mol. The molecule has 0 aliphatic rings. The second-order valence-electron chi connectivity index (χ2n) is 3.51. The number of unbranched alkanes of at least 4 members (excludes halogenated alkanes) is 2. The summed E-state index contributed by atoms with van der Waals surface area (Å²) in [6, 6.07) is 4.14. The molecule has 1 heterocycles. The molecule has 0 radical (unpaired) electrons. The molecule has 0 fully saturated rings. The Hall–Kier alpha value is -0.120. The van der Waals surface area contributed by atoms with Crippen molar-refractivity contribution in [3.63, 3.8) is 0 Å². The number of aromatic nitrogens is 1. The minimum atomic E-state index is 0. The van der Waals surface area contributed by atoms with Crippen LogP contribution < -0.4 is 5.73 Å². The Kier molecular flexibility index (Phi) is 8.02.